The molecule has 1 aliphatic rings. The summed E-state index contributed by atoms with van der Waals surface area (Å²) < 4.78 is 0. The molecule has 0 radical (unpaired) electrons. The normalized spacial score (nSPS) is 28.2. The first-order valence-corrected chi connectivity index (χ1v) is 4.77. The predicted molar refractivity (Wildman–Crippen MR) is 49.9 cm³/mol. The van der Waals surface area contributed by atoms with Crippen LogP contribution in [0.4, 0.5) is 0 Å². The third-order valence-electron chi connectivity index (χ3n) is 2.67. The van der Waals surface area contributed by atoms with E-state index in [0.29, 0.717) is 18.5 Å². The topological polar surface area (TPSA) is 49.5 Å². The fourth-order valence-corrected chi connectivity index (χ4v) is 1.91. The molecular formula is C9H20N2O. The van der Waals surface area contributed by atoms with Gasteiger partial charge < -0.3 is 10.8 Å². The summed E-state index contributed by atoms with van der Waals surface area (Å²) in [6.07, 6.45) is 0.779. The molecule has 1 fully saturated rings. The van der Waals surface area contributed by atoms with Gasteiger partial charge in [0.05, 0.1) is 6.10 Å². The molecule has 3 N–H and O–H groups in total. The van der Waals surface area contributed by atoms with Gasteiger partial charge in [-0.15, -0.1) is 0 Å². The summed E-state index contributed by atoms with van der Waals surface area (Å²) in [6, 6.07) is 0.446. The third kappa shape index (κ3) is 2.19. The Balaban J connectivity index is 2.44. The van der Waals surface area contributed by atoms with E-state index in [1.165, 1.54) is 0 Å². The Labute approximate surface area is 74.5 Å². The zero-order valence-electron chi connectivity index (χ0n) is 8.03. The van der Waals surface area contributed by atoms with Crippen LogP contribution in [0.5, 0.6) is 0 Å². The van der Waals surface area contributed by atoms with Crippen LogP contribution in [0.25, 0.3) is 0 Å². The first kappa shape index (κ1) is 9.96. The minimum Gasteiger partial charge on any atom is -0.392 e. The summed E-state index contributed by atoms with van der Waals surface area (Å²) in [4.78, 5) is 2.30. The highest BCUT2D eigenvalue weighted by Crippen LogP contribution is 2.16. The van der Waals surface area contributed by atoms with E-state index in [1.54, 1.807) is 0 Å². The highest BCUT2D eigenvalue weighted by molar-refractivity contribution is 4.83. The second-order valence-electron chi connectivity index (χ2n) is 3.98. The van der Waals surface area contributed by atoms with Gasteiger partial charge in [0.2, 0.25) is 0 Å². The van der Waals surface area contributed by atoms with Gasteiger partial charge >= 0.3 is 0 Å². The average Bonchev–Trinajstić information content (AvgIpc) is 2.37. The van der Waals surface area contributed by atoms with Crippen LogP contribution in [0.3, 0.4) is 0 Å². The molecule has 0 aromatic rings. The lowest BCUT2D eigenvalue weighted by molar-refractivity contribution is 0.144. The summed E-state index contributed by atoms with van der Waals surface area (Å²) in [5.74, 6) is 0.584. The highest BCUT2D eigenvalue weighted by Gasteiger charge is 2.27. The van der Waals surface area contributed by atoms with Crippen molar-refractivity contribution in [1.29, 1.82) is 0 Å². The van der Waals surface area contributed by atoms with Gasteiger partial charge in [-0.1, -0.05) is 13.8 Å². The molecule has 2 atom stereocenters. The summed E-state index contributed by atoms with van der Waals surface area (Å²) in [6.45, 7) is 6.87. The maximum absolute atomic E-state index is 9.34. The van der Waals surface area contributed by atoms with Gasteiger partial charge in [0.1, 0.15) is 0 Å². The lowest BCUT2D eigenvalue weighted by Gasteiger charge is -2.29. The maximum Gasteiger partial charge on any atom is 0.0679 e. The van der Waals surface area contributed by atoms with E-state index in [2.05, 4.69) is 18.7 Å². The molecule has 0 spiro atoms. The van der Waals surface area contributed by atoms with Gasteiger partial charge in [0.25, 0.3) is 0 Å². The molecule has 3 heteroatoms. The van der Waals surface area contributed by atoms with Gasteiger partial charge in [0.15, 0.2) is 0 Å². The van der Waals surface area contributed by atoms with E-state index < -0.39 is 0 Å². The fraction of sp³-hybridized carbons (Fsp3) is 1.00. The lowest BCUT2D eigenvalue weighted by Crippen LogP contribution is -2.43. The van der Waals surface area contributed by atoms with Gasteiger partial charge in [0, 0.05) is 25.7 Å². The third-order valence-corrected chi connectivity index (χ3v) is 2.67. The number of aliphatic hydroxyl groups excluding tert-OH is 1. The zero-order valence-corrected chi connectivity index (χ0v) is 8.03. The monoisotopic (exact) mass is 172 g/mol. The van der Waals surface area contributed by atoms with Crippen LogP contribution in [0, 0.1) is 5.92 Å². The SMILES string of the molecule is CC(C)C(CN)N1CCC(O)C1. The fourth-order valence-electron chi connectivity index (χ4n) is 1.91. The Morgan fingerprint density at radius 2 is 2.25 bits per heavy atom. The van der Waals surface area contributed by atoms with Gasteiger partial charge in [-0.2, -0.15) is 0 Å². The Kier molecular flexibility index (Phi) is 3.50. The Morgan fingerprint density at radius 3 is 2.58 bits per heavy atom. The van der Waals surface area contributed by atoms with Crippen LogP contribution in [0.1, 0.15) is 20.3 Å². The summed E-state index contributed by atoms with van der Waals surface area (Å²) in [7, 11) is 0. The van der Waals surface area contributed by atoms with E-state index in [-0.39, 0.29) is 6.10 Å². The Morgan fingerprint density at radius 1 is 1.58 bits per heavy atom. The van der Waals surface area contributed by atoms with E-state index in [4.69, 9.17) is 5.73 Å². The van der Waals surface area contributed by atoms with Gasteiger partial charge in [-0.05, 0) is 12.3 Å². The standard InChI is InChI=1S/C9H20N2O/c1-7(2)9(5-10)11-4-3-8(12)6-11/h7-9,12H,3-6,10H2,1-2H3. The number of nitrogens with two attached hydrogens (primary N) is 1. The minimum absolute atomic E-state index is 0.127. The van der Waals surface area contributed by atoms with Crippen molar-refractivity contribution in [2.75, 3.05) is 19.6 Å². The zero-order chi connectivity index (χ0) is 9.14. The Bertz CT molecular complexity index is 138. The number of rotatable bonds is 3. The van der Waals surface area contributed by atoms with Crippen molar-refractivity contribution < 1.29 is 5.11 Å². The molecule has 12 heavy (non-hydrogen) atoms. The smallest absolute Gasteiger partial charge is 0.0679 e. The number of aliphatic hydroxyl groups is 1. The van der Waals surface area contributed by atoms with Crippen molar-refractivity contribution in [1.82, 2.24) is 4.90 Å². The van der Waals surface area contributed by atoms with Crippen molar-refractivity contribution in [3.63, 3.8) is 0 Å². The maximum atomic E-state index is 9.34. The molecular weight excluding hydrogens is 152 g/mol. The molecule has 0 amide bonds. The highest BCUT2D eigenvalue weighted by atomic mass is 16.3. The van der Waals surface area contributed by atoms with Gasteiger partial charge in [-0.3, -0.25) is 4.90 Å². The molecule has 2 unspecified atom stereocenters. The summed E-state index contributed by atoms with van der Waals surface area (Å²) >= 11 is 0. The van der Waals surface area contributed by atoms with Crippen LogP contribution in [0.2, 0.25) is 0 Å². The molecule has 0 aromatic carbocycles. The van der Waals surface area contributed by atoms with Gasteiger partial charge in [-0.25, -0.2) is 0 Å². The Hall–Kier alpha value is -0.120. The molecule has 0 aromatic heterocycles. The second-order valence-corrected chi connectivity index (χ2v) is 3.98. The quantitative estimate of drug-likeness (QED) is 0.632. The van der Waals surface area contributed by atoms with Crippen molar-refractivity contribution in [2.45, 2.75) is 32.4 Å². The van der Waals surface area contributed by atoms with Crippen molar-refractivity contribution >= 4 is 0 Å². The molecule has 0 aliphatic carbocycles. The average molecular weight is 172 g/mol. The second kappa shape index (κ2) is 4.21. The summed E-state index contributed by atoms with van der Waals surface area (Å²) in [5.41, 5.74) is 5.68. The molecule has 1 aliphatic heterocycles. The van der Waals surface area contributed by atoms with E-state index in [9.17, 15) is 5.11 Å². The predicted octanol–water partition coefficient (Wildman–Crippen LogP) is 0.0363. The van der Waals surface area contributed by atoms with Crippen molar-refractivity contribution in [2.24, 2.45) is 11.7 Å². The lowest BCUT2D eigenvalue weighted by atomic mass is 10.0. The van der Waals surface area contributed by atoms with Crippen LogP contribution in [-0.4, -0.2) is 41.8 Å². The molecule has 0 bridgehead atoms. The van der Waals surface area contributed by atoms with E-state index >= 15 is 0 Å². The molecule has 1 saturated heterocycles. The van der Waals surface area contributed by atoms with Crippen molar-refractivity contribution in [3.05, 3.63) is 0 Å². The van der Waals surface area contributed by atoms with Crippen LogP contribution < -0.4 is 5.73 Å². The van der Waals surface area contributed by atoms with Crippen LogP contribution in [0.15, 0.2) is 0 Å². The van der Waals surface area contributed by atoms with Crippen LogP contribution >= 0.6 is 0 Å². The minimum atomic E-state index is -0.127. The number of hydrogen-bond acceptors (Lipinski definition) is 3. The first-order valence-electron chi connectivity index (χ1n) is 4.77. The molecule has 1 rings (SSSR count). The molecule has 1 heterocycles. The first-order chi connectivity index (χ1) is 5.65. The largest absolute Gasteiger partial charge is 0.392 e. The molecule has 72 valence electrons. The van der Waals surface area contributed by atoms with Crippen LogP contribution in [-0.2, 0) is 0 Å². The number of β-amino-alcohol motifs (C(OH)–C–C–N with tert-alkyl or cyclic N) is 1. The van der Waals surface area contributed by atoms with E-state index in [1.807, 2.05) is 0 Å². The molecule has 3 nitrogen and oxygen atoms in total. The number of hydrogen-bond donors (Lipinski definition) is 2. The van der Waals surface area contributed by atoms with E-state index in [0.717, 1.165) is 19.5 Å². The summed E-state index contributed by atoms with van der Waals surface area (Å²) in [5, 5.41) is 9.34. The number of nitrogens with zero attached hydrogens (tertiary/aromatic N) is 1. The number of likely N-dealkylation sites (tertiary alicyclic amines) is 1. The molecule has 0 saturated carbocycles. The van der Waals surface area contributed by atoms with Crippen molar-refractivity contribution in [3.8, 4) is 0 Å².